The number of aliphatic hydroxyl groups excluding tert-OH is 1. The van der Waals surface area contributed by atoms with E-state index in [1.165, 1.54) is 4.90 Å². The van der Waals surface area contributed by atoms with Crippen LogP contribution in [0.1, 0.15) is 35.2 Å². The van der Waals surface area contributed by atoms with E-state index >= 15 is 0 Å². The topological polar surface area (TPSA) is 85.3 Å². The number of amides is 1. The number of hydrogen-bond donors (Lipinski definition) is 1. The Kier molecular flexibility index (Phi) is 4.81. The molecule has 1 amide bonds. The Labute approximate surface area is 202 Å². The number of nitrogens with zero attached hydrogens (tertiary/aromatic N) is 1. The minimum Gasteiger partial charge on any atom is -0.507 e. The van der Waals surface area contributed by atoms with Crippen molar-refractivity contribution in [3.05, 3.63) is 88.5 Å². The molecule has 1 N–H and O–H groups in total. The van der Waals surface area contributed by atoms with E-state index in [9.17, 15) is 14.7 Å². The van der Waals surface area contributed by atoms with Gasteiger partial charge in [-0.05, 0) is 55.3 Å². The average Bonchev–Trinajstić information content (AvgIpc) is 3.53. The van der Waals surface area contributed by atoms with Crippen LogP contribution in [-0.4, -0.2) is 29.7 Å². The van der Waals surface area contributed by atoms with Crippen molar-refractivity contribution in [2.45, 2.75) is 32.4 Å². The number of aliphatic hydroxyl groups is 1. The summed E-state index contributed by atoms with van der Waals surface area (Å²) in [5.74, 6) is 0.185. The quantitative estimate of drug-likeness (QED) is 0.341. The summed E-state index contributed by atoms with van der Waals surface area (Å²) < 4.78 is 16.7. The molecule has 3 aliphatic rings. The summed E-state index contributed by atoms with van der Waals surface area (Å²) in [6.07, 6.45) is 0.759. The lowest BCUT2D eigenvalue weighted by Gasteiger charge is -2.26. The molecule has 7 heteroatoms. The molecule has 35 heavy (non-hydrogen) atoms. The van der Waals surface area contributed by atoms with Crippen molar-refractivity contribution < 1.29 is 28.9 Å². The molecule has 0 aromatic heterocycles. The molecule has 2 unspecified atom stereocenters. The molecular weight excluding hydrogens is 446 g/mol. The van der Waals surface area contributed by atoms with Gasteiger partial charge in [0.05, 0.1) is 11.6 Å². The highest BCUT2D eigenvalue weighted by atomic mass is 16.7. The fourth-order valence-electron chi connectivity index (χ4n) is 5.01. The minimum absolute atomic E-state index is 0.0465. The third kappa shape index (κ3) is 3.43. The summed E-state index contributed by atoms with van der Waals surface area (Å²) in [6.45, 7) is 4.02. The highest BCUT2D eigenvalue weighted by molar-refractivity contribution is 6.51. The van der Waals surface area contributed by atoms with Crippen LogP contribution < -0.4 is 19.1 Å². The molecule has 2 atom stereocenters. The monoisotopic (exact) mass is 469 g/mol. The van der Waals surface area contributed by atoms with Crippen molar-refractivity contribution in [3.63, 3.8) is 0 Å². The van der Waals surface area contributed by atoms with Crippen LogP contribution in [0, 0.1) is 6.92 Å². The summed E-state index contributed by atoms with van der Waals surface area (Å²) >= 11 is 0. The SMILES string of the molecule is Cc1cccc(C2/C(=C(\O)c3ccc4c(c3)CC(C)O4)C(=O)C(=O)N2c2ccc3c(c2)OCO3)c1. The predicted octanol–water partition coefficient (Wildman–Crippen LogP) is 4.67. The van der Waals surface area contributed by atoms with E-state index in [4.69, 9.17) is 14.2 Å². The first-order valence-corrected chi connectivity index (χ1v) is 11.5. The van der Waals surface area contributed by atoms with Gasteiger partial charge in [-0.25, -0.2) is 0 Å². The number of Topliss-reactive ketones (excluding diaryl/α,β-unsaturated/α-hetero) is 1. The van der Waals surface area contributed by atoms with Crippen LogP contribution in [0.25, 0.3) is 5.76 Å². The Bertz CT molecular complexity index is 1420. The number of fused-ring (bicyclic) bond motifs is 2. The first-order valence-electron chi connectivity index (χ1n) is 11.5. The van der Waals surface area contributed by atoms with Gasteiger partial charge in [-0.2, -0.15) is 0 Å². The fraction of sp³-hybridized carbons (Fsp3) is 0.214. The molecular formula is C28H23NO6. The molecule has 0 bridgehead atoms. The number of carbonyl (C=O) groups excluding carboxylic acids is 2. The van der Waals surface area contributed by atoms with Gasteiger partial charge in [0.25, 0.3) is 11.7 Å². The Hall–Kier alpha value is -4.26. The maximum absolute atomic E-state index is 13.4. The van der Waals surface area contributed by atoms with Crippen molar-refractivity contribution in [3.8, 4) is 17.2 Å². The summed E-state index contributed by atoms with van der Waals surface area (Å²) in [5.41, 5.74) is 3.66. The number of carbonyl (C=O) groups is 2. The largest absolute Gasteiger partial charge is 0.507 e. The molecule has 1 fully saturated rings. The second kappa shape index (κ2) is 7.91. The number of aryl methyl sites for hydroxylation is 1. The number of hydrogen-bond acceptors (Lipinski definition) is 6. The summed E-state index contributed by atoms with van der Waals surface area (Å²) in [7, 11) is 0. The van der Waals surface area contributed by atoms with Gasteiger partial charge in [0.2, 0.25) is 6.79 Å². The van der Waals surface area contributed by atoms with Crippen LogP contribution in [0.3, 0.4) is 0 Å². The average molecular weight is 469 g/mol. The van der Waals surface area contributed by atoms with E-state index in [2.05, 4.69) is 0 Å². The van der Waals surface area contributed by atoms with E-state index in [1.807, 2.05) is 44.2 Å². The zero-order chi connectivity index (χ0) is 24.3. The molecule has 3 aromatic carbocycles. The lowest BCUT2D eigenvalue weighted by Crippen LogP contribution is -2.29. The Morgan fingerprint density at radius 3 is 2.60 bits per heavy atom. The standard InChI is InChI=1S/C28H23NO6/c1-15-4-3-5-17(10-15)25-24(26(30)18-6-8-21-19(12-18)11-16(2)35-21)27(31)28(32)29(25)20-7-9-22-23(13-20)34-14-33-22/h3-10,12-13,16,25,30H,11,14H2,1-2H3/b26-24+. The van der Waals surface area contributed by atoms with Crippen LogP contribution in [0.5, 0.6) is 17.2 Å². The van der Waals surface area contributed by atoms with Crippen LogP contribution in [0.2, 0.25) is 0 Å². The van der Waals surface area contributed by atoms with E-state index in [0.717, 1.165) is 22.4 Å². The number of rotatable bonds is 3. The lowest BCUT2D eigenvalue weighted by atomic mass is 9.93. The fourth-order valence-corrected chi connectivity index (χ4v) is 5.01. The zero-order valence-corrected chi connectivity index (χ0v) is 19.3. The molecule has 3 aliphatic heterocycles. The molecule has 3 aromatic rings. The van der Waals surface area contributed by atoms with Crippen molar-refractivity contribution in [1.29, 1.82) is 0 Å². The highest BCUT2D eigenvalue weighted by Gasteiger charge is 2.47. The predicted molar refractivity (Wildman–Crippen MR) is 129 cm³/mol. The smallest absolute Gasteiger partial charge is 0.300 e. The number of ketones is 1. The van der Waals surface area contributed by atoms with Crippen LogP contribution in [0.15, 0.2) is 66.2 Å². The number of benzene rings is 3. The van der Waals surface area contributed by atoms with Crippen molar-refractivity contribution in [1.82, 2.24) is 0 Å². The minimum atomic E-state index is -0.807. The van der Waals surface area contributed by atoms with E-state index in [0.29, 0.717) is 29.2 Å². The maximum Gasteiger partial charge on any atom is 0.300 e. The molecule has 7 nitrogen and oxygen atoms in total. The Morgan fingerprint density at radius 1 is 0.971 bits per heavy atom. The van der Waals surface area contributed by atoms with E-state index < -0.39 is 17.7 Å². The normalized spacial score (nSPS) is 21.8. The Balaban J connectivity index is 1.52. The number of anilines is 1. The van der Waals surface area contributed by atoms with Crippen LogP contribution in [0.4, 0.5) is 5.69 Å². The van der Waals surface area contributed by atoms with Gasteiger partial charge < -0.3 is 19.3 Å². The van der Waals surface area contributed by atoms with Crippen molar-refractivity contribution in [2.24, 2.45) is 0 Å². The van der Waals surface area contributed by atoms with Crippen LogP contribution in [-0.2, 0) is 16.0 Å². The summed E-state index contributed by atoms with van der Waals surface area (Å²) in [6, 6.07) is 17.2. The highest BCUT2D eigenvalue weighted by Crippen LogP contribution is 2.45. The molecule has 1 saturated heterocycles. The van der Waals surface area contributed by atoms with Gasteiger partial charge >= 0.3 is 0 Å². The van der Waals surface area contributed by atoms with Gasteiger partial charge in [-0.15, -0.1) is 0 Å². The molecule has 0 spiro atoms. The first-order chi connectivity index (χ1) is 16.9. The molecule has 6 rings (SSSR count). The molecule has 0 radical (unpaired) electrons. The second-order valence-electron chi connectivity index (χ2n) is 9.08. The van der Waals surface area contributed by atoms with Gasteiger partial charge in [0, 0.05) is 23.7 Å². The molecule has 0 saturated carbocycles. The van der Waals surface area contributed by atoms with Gasteiger partial charge in [0.15, 0.2) is 11.5 Å². The first kappa shape index (κ1) is 21.3. The Morgan fingerprint density at radius 2 is 1.77 bits per heavy atom. The van der Waals surface area contributed by atoms with E-state index in [1.54, 1.807) is 30.3 Å². The van der Waals surface area contributed by atoms with Gasteiger partial charge in [0.1, 0.15) is 17.6 Å². The summed E-state index contributed by atoms with van der Waals surface area (Å²) in [4.78, 5) is 28.2. The molecule has 0 aliphatic carbocycles. The van der Waals surface area contributed by atoms with Crippen LogP contribution >= 0.6 is 0 Å². The second-order valence-corrected chi connectivity index (χ2v) is 9.08. The number of ether oxygens (including phenoxy) is 3. The summed E-state index contributed by atoms with van der Waals surface area (Å²) in [5, 5.41) is 11.4. The van der Waals surface area contributed by atoms with E-state index in [-0.39, 0.29) is 24.2 Å². The van der Waals surface area contributed by atoms with Crippen molar-refractivity contribution >= 4 is 23.1 Å². The van der Waals surface area contributed by atoms with Gasteiger partial charge in [-0.1, -0.05) is 29.8 Å². The maximum atomic E-state index is 13.4. The van der Waals surface area contributed by atoms with Gasteiger partial charge in [-0.3, -0.25) is 14.5 Å². The lowest BCUT2D eigenvalue weighted by molar-refractivity contribution is -0.132. The third-order valence-electron chi connectivity index (χ3n) is 6.61. The zero-order valence-electron chi connectivity index (χ0n) is 19.3. The third-order valence-corrected chi connectivity index (χ3v) is 6.61. The van der Waals surface area contributed by atoms with Crippen molar-refractivity contribution in [2.75, 3.05) is 11.7 Å². The molecule has 3 heterocycles. The molecule has 176 valence electrons.